The second kappa shape index (κ2) is 7.93. The Balaban J connectivity index is 2.06. The number of nitrogens with one attached hydrogen (secondary N) is 2. The van der Waals surface area contributed by atoms with E-state index in [1.54, 1.807) is 13.8 Å². The van der Waals surface area contributed by atoms with Gasteiger partial charge in [-0.3, -0.25) is 24.6 Å². The van der Waals surface area contributed by atoms with Crippen LogP contribution in [-0.2, 0) is 19.1 Å². The fraction of sp³-hybridized carbons (Fsp3) is 0.706. The Morgan fingerprint density at radius 1 is 1.33 bits per heavy atom. The highest BCUT2D eigenvalue weighted by atomic mass is 16.5. The smallest absolute Gasteiger partial charge is 0.327 e. The fourth-order valence-corrected chi connectivity index (χ4v) is 3.63. The Bertz CT molecular complexity index is 664. The lowest BCUT2D eigenvalue weighted by Gasteiger charge is -2.36. The van der Waals surface area contributed by atoms with Gasteiger partial charge >= 0.3 is 18.0 Å². The van der Waals surface area contributed by atoms with Crippen LogP contribution in [0.4, 0.5) is 9.59 Å². The maximum Gasteiger partial charge on any atom is 0.327 e. The zero-order chi connectivity index (χ0) is 20.4. The molecule has 1 saturated carbocycles. The number of hydrogen-bond acceptors (Lipinski definition) is 6. The van der Waals surface area contributed by atoms with E-state index < -0.39 is 54.0 Å². The molecule has 4 N–H and O–H groups in total. The molecule has 0 unspecified atom stereocenters. The lowest BCUT2D eigenvalue weighted by atomic mass is 9.73. The molecule has 10 nitrogen and oxygen atoms in total. The Kier molecular flexibility index (Phi) is 6.07. The van der Waals surface area contributed by atoms with Gasteiger partial charge in [-0.05, 0) is 24.7 Å². The average Bonchev–Trinajstić information content (AvgIpc) is 2.79. The number of carbonyl (C=O) groups excluding carboxylic acids is 5. The van der Waals surface area contributed by atoms with Gasteiger partial charge in [-0.2, -0.15) is 0 Å². The Morgan fingerprint density at radius 3 is 2.56 bits per heavy atom. The lowest BCUT2D eigenvalue weighted by molar-refractivity contribution is -0.160. The summed E-state index contributed by atoms with van der Waals surface area (Å²) in [6.07, 6.45) is 1.87. The van der Waals surface area contributed by atoms with Gasteiger partial charge in [0.1, 0.15) is 12.1 Å². The summed E-state index contributed by atoms with van der Waals surface area (Å²) in [4.78, 5) is 61.0. The first-order valence-electron chi connectivity index (χ1n) is 9.02. The number of nitrogens with zero attached hydrogens (tertiary/aromatic N) is 1. The molecule has 1 heterocycles. The summed E-state index contributed by atoms with van der Waals surface area (Å²) in [5, 5.41) is 4.59. The Hall–Kier alpha value is -2.65. The van der Waals surface area contributed by atoms with Crippen molar-refractivity contribution in [3.8, 4) is 0 Å². The molecule has 0 radical (unpaired) electrons. The zero-order valence-corrected chi connectivity index (χ0v) is 15.7. The van der Waals surface area contributed by atoms with Crippen LogP contribution in [0.3, 0.4) is 0 Å². The lowest BCUT2D eigenvalue weighted by Crippen LogP contribution is -2.54. The standard InChI is InChI=1S/C17H26N4O6/c1-9(2)12(13(23)19-15(18)25)27-11(22)8-21-14(24)17(20-16(21)26)7-5-4-6-10(17)3/h9-10,12H,4-8H2,1-3H3,(H,20,26)(H3,18,19,23,25)/t10-,12-,17+/m0/s1. The number of nitrogens with two attached hydrogens (primary N) is 1. The maximum absolute atomic E-state index is 12.8. The molecular weight excluding hydrogens is 356 g/mol. The van der Waals surface area contributed by atoms with Crippen LogP contribution in [0.1, 0.15) is 46.5 Å². The van der Waals surface area contributed by atoms with Gasteiger partial charge in [0.25, 0.3) is 11.8 Å². The van der Waals surface area contributed by atoms with Gasteiger partial charge < -0.3 is 15.8 Å². The highest BCUT2D eigenvalue weighted by Crippen LogP contribution is 2.38. The predicted molar refractivity (Wildman–Crippen MR) is 93.1 cm³/mol. The molecule has 1 aliphatic heterocycles. The number of urea groups is 2. The summed E-state index contributed by atoms with van der Waals surface area (Å²) in [7, 11) is 0. The van der Waals surface area contributed by atoms with Gasteiger partial charge in [-0.15, -0.1) is 0 Å². The predicted octanol–water partition coefficient (Wildman–Crippen LogP) is 0.250. The van der Waals surface area contributed by atoms with Crippen molar-refractivity contribution < 1.29 is 28.7 Å². The van der Waals surface area contributed by atoms with E-state index in [-0.39, 0.29) is 5.92 Å². The van der Waals surface area contributed by atoms with E-state index in [1.165, 1.54) is 0 Å². The third-order valence-electron chi connectivity index (χ3n) is 5.16. The number of hydrogen-bond donors (Lipinski definition) is 3. The summed E-state index contributed by atoms with van der Waals surface area (Å²) >= 11 is 0. The zero-order valence-electron chi connectivity index (χ0n) is 15.7. The molecule has 0 aromatic rings. The van der Waals surface area contributed by atoms with Crippen molar-refractivity contribution in [3.63, 3.8) is 0 Å². The van der Waals surface area contributed by atoms with Gasteiger partial charge in [-0.25, -0.2) is 9.59 Å². The minimum atomic E-state index is -1.27. The molecule has 1 aliphatic carbocycles. The molecule has 3 atom stereocenters. The first kappa shape index (κ1) is 20.7. The van der Waals surface area contributed by atoms with Crippen LogP contribution in [0.5, 0.6) is 0 Å². The molecule has 2 rings (SSSR count). The van der Waals surface area contributed by atoms with E-state index in [0.29, 0.717) is 6.42 Å². The number of esters is 1. The van der Waals surface area contributed by atoms with Gasteiger partial charge in [0.15, 0.2) is 6.10 Å². The number of primary amides is 1. The van der Waals surface area contributed by atoms with Crippen LogP contribution in [0.2, 0.25) is 0 Å². The molecule has 1 saturated heterocycles. The molecule has 0 aromatic carbocycles. The van der Waals surface area contributed by atoms with Gasteiger partial charge in [0, 0.05) is 0 Å². The molecule has 2 fully saturated rings. The monoisotopic (exact) mass is 382 g/mol. The Labute approximate surface area is 157 Å². The number of amides is 6. The van der Waals surface area contributed by atoms with E-state index >= 15 is 0 Å². The van der Waals surface area contributed by atoms with Gasteiger partial charge in [0.2, 0.25) is 0 Å². The SMILES string of the molecule is CC(C)[C@H](OC(=O)CN1C(=O)N[C@@]2(CCCC[C@@H]2C)C1=O)C(=O)NC(N)=O. The second-order valence-corrected chi connectivity index (χ2v) is 7.45. The third-order valence-corrected chi connectivity index (χ3v) is 5.16. The topological polar surface area (TPSA) is 148 Å². The summed E-state index contributed by atoms with van der Waals surface area (Å²) in [5.74, 6) is -2.70. The maximum atomic E-state index is 12.8. The van der Waals surface area contributed by atoms with Crippen molar-refractivity contribution in [2.24, 2.45) is 17.6 Å². The van der Waals surface area contributed by atoms with Crippen LogP contribution in [-0.4, -0.2) is 52.9 Å². The largest absolute Gasteiger partial charge is 0.451 e. The molecule has 27 heavy (non-hydrogen) atoms. The van der Waals surface area contributed by atoms with Gasteiger partial charge in [0.05, 0.1) is 0 Å². The number of ether oxygens (including phenoxy) is 1. The minimum Gasteiger partial charge on any atom is -0.451 e. The van der Waals surface area contributed by atoms with Crippen molar-refractivity contribution in [1.82, 2.24) is 15.5 Å². The molecule has 0 aromatic heterocycles. The molecule has 10 heteroatoms. The first-order valence-corrected chi connectivity index (χ1v) is 9.02. The van der Waals surface area contributed by atoms with E-state index in [9.17, 15) is 24.0 Å². The van der Waals surface area contributed by atoms with Crippen LogP contribution in [0.25, 0.3) is 0 Å². The van der Waals surface area contributed by atoms with Crippen LogP contribution >= 0.6 is 0 Å². The number of rotatable bonds is 5. The summed E-state index contributed by atoms with van der Waals surface area (Å²) in [5.41, 5.74) is 3.93. The van der Waals surface area contributed by atoms with Crippen molar-refractivity contribution in [3.05, 3.63) is 0 Å². The van der Waals surface area contributed by atoms with Crippen molar-refractivity contribution in [1.29, 1.82) is 0 Å². The summed E-state index contributed by atoms with van der Waals surface area (Å²) < 4.78 is 5.10. The molecule has 150 valence electrons. The van der Waals surface area contributed by atoms with Crippen LogP contribution in [0.15, 0.2) is 0 Å². The van der Waals surface area contributed by atoms with Crippen molar-refractivity contribution in [2.75, 3.05) is 6.54 Å². The second-order valence-electron chi connectivity index (χ2n) is 7.45. The fourth-order valence-electron chi connectivity index (χ4n) is 3.63. The first-order chi connectivity index (χ1) is 12.6. The Morgan fingerprint density at radius 2 is 2.00 bits per heavy atom. The minimum absolute atomic E-state index is 0.0338. The third kappa shape index (κ3) is 4.20. The van der Waals surface area contributed by atoms with Crippen LogP contribution in [0, 0.1) is 11.8 Å². The normalized spacial score (nSPS) is 26.1. The average molecular weight is 382 g/mol. The number of imide groups is 2. The summed E-state index contributed by atoms with van der Waals surface area (Å²) in [6.45, 7) is 4.53. The van der Waals surface area contributed by atoms with E-state index in [4.69, 9.17) is 10.5 Å². The van der Waals surface area contributed by atoms with E-state index in [0.717, 1.165) is 24.2 Å². The van der Waals surface area contributed by atoms with Crippen molar-refractivity contribution >= 4 is 29.8 Å². The van der Waals surface area contributed by atoms with E-state index in [1.807, 2.05) is 12.2 Å². The van der Waals surface area contributed by atoms with Crippen molar-refractivity contribution in [2.45, 2.75) is 58.1 Å². The molecule has 0 bridgehead atoms. The molecular formula is C17H26N4O6. The van der Waals surface area contributed by atoms with Crippen LogP contribution < -0.4 is 16.4 Å². The molecule has 2 aliphatic rings. The molecule has 6 amide bonds. The number of carbonyl (C=O) groups is 5. The van der Waals surface area contributed by atoms with E-state index in [2.05, 4.69) is 5.32 Å². The quantitative estimate of drug-likeness (QED) is 0.458. The molecule has 1 spiro atoms. The summed E-state index contributed by atoms with van der Waals surface area (Å²) in [6, 6.07) is -1.71. The highest BCUT2D eigenvalue weighted by molar-refractivity contribution is 6.09. The van der Waals surface area contributed by atoms with Gasteiger partial charge in [-0.1, -0.05) is 33.6 Å². The highest BCUT2D eigenvalue weighted by Gasteiger charge is 2.55.